The first-order chi connectivity index (χ1) is 12.6. The summed E-state index contributed by atoms with van der Waals surface area (Å²) in [6.07, 6.45) is 1.50. The van der Waals surface area contributed by atoms with Crippen molar-refractivity contribution < 1.29 is 24.2 Å². The predicted octanol–water partition coefficient (Wildman–Crippen LogP) is 3.63. The molecule has 0 fully saturated rings. The zero-order valence-corrected chi connectivity index (χ0v) is 14.7. The number of carboxylic acids is 1. The normalized spacial score (nSPS) is 11.3. The van der Waals surface area contributed by atoms with Gasteiger partial charge in [0.15, 0.2) is 0 Å². The van der Waals surface area contributed by atoms with E-state index in [1.54, 1.807) is 24.3 Å². The average molecular weight is 369 g/mol. The molecule has 0 saturated carbocycles. The van der Waals surface area contributed by atoms with Crippen LogP contribution in [0.5, 0.6) is 5.19 Å². The number of ether oxygens (including phenoxy) is 2. The van der Waals surface area contributed by atoms with E-state index < -0.39 is 11.9 Å². The standard InChI is InChI=1S/C19H15NO5S/c1-24-18(23)13-8-6-12(7-9-13)10-14(17(21)22)11-25-19-20-15-4-2-3-5-16(15)26-19/h2-10H,11H2,1H3,(H,21,22)/b14-10-. The van der Waals surface area contributed by atoms with Crippen LogP contribution < -0.4 is 4.74 Å². The molecule has 2 aromatic carbocycles. The Labute approximate surface area is 153 Å². The van der Waals surface area contributed by atoms with Crippen LogP contribution in [-0.2, 0) is 9.53 Å². The van der Waals surface area contributed by atoms with E-state index in [2.05, 4.69) is 9.72 Å². The second kappa shape index (κ2) is 7.79. The fourth-order valence-corrected chi connectivity index (χ4v) is 3.07. The Balaban J connectivity index is 1.75. The Morgan fingerprint density at radius 2 is 1.88 bits per heavy atom. The summed E-state index contributed by atoms with van der Waals surface area (Å²) in [6, 6.07) is 14.0. The first-order valence-corrected chi connectivity index (χ1v) is 8.49. The van der Waals surface area contributed by atoms with Gasteiger partial charge in [0.1, 0.15) is 6.61 Å². The number of carbonyl (C=O) groups is 2. The van der Waals surface area contributed by atoms with Crippen LogP contribution in [0.25, 0.3) is 16.3 Å². The number of hydrogen-bond acceptors (Lipinski definition) is 6. The summed E-state index contributed by atoms with van der Waals surface area (Å²) >= 11 is 1.36. The number of nitrogens with zero attached hydrogens (tertiary/aromatic N) is 1. The van der Waals surface area contributed by atoms with Crippen molar-refractivity contribution in [3.8, 4) is 5.19 Å². The van der Waals surface area contributed by atoms with Crippen molar-refractivity contribution in [1.82, 2.24) is 4.98 Å². The summed E-state index contributed by atoms with van der Waals surface area (Å²) in [6.45, 7) is -0.117. The maximum atomic E-state index is 11.5. The molecule has 1 heterocycles. The van der Waals surface area contributed by atoms with Crippen molar-refractivity contribution >= 4 is 39.6 Å². The van der Waals surface area contributed by atoms with Crippen LogP contribution in [0.4, 0.5) is 0 Å². The number of methoxy groups -OCH3 is 1. The highest BCUT2D eigenvalue weighted by atomic mass is 32.1. The van der Waals surface area contributed by atoms with Gasteiger partial charge < -0.3 is 14.6 Å². The van der Waals surface area contributed by atoms with Gasteiger partial charge in [-0.25, -0.2) is 14.6 Å². The summed E-state index contributed by atoms with van der Waals surface area (Å²) in [5.74, 6) is -1.53. The van der Waals surface area contributed by atoms with Crippen LogP contribution in [0.15, 0.2) is 54.1 Å². The molecule has 0 aliphatic heterocycles. The number of rotatable bonds is 6. The minimum absolute atomic E-state index is 0.0788. The average Bonchev–Trinajstić information content (AvgIpc) is 3.07. The fraction of sp³-hybridized carbons (Fsp3) is 0.105. The first kappa shape index (κ1) is 17.6. The second-order valence-corrected chi connectivity index (χ2v) is 6.32. The molecule has 0 aliphatic carbocycles. The minimum atomic E-state index is -1.08. The highest BCUT2D eigenvalue weighted by Crippen LogP contribution is 2.27. The van der Waals surface area contributed by atoms with Crippen LogP contribution in [-0.4, -0.2) is 35.7 Å². The Bertz CT molecular complexity index is 942. The Morgan fingerprint density at radius 1 is 1.15 bits per heavy atom. The van der Waals surface area contributed by atoms with Crippen molar-refractivity contribution in [2.24, 2.45) is 0 Å². The molecule has 3 aromatic rings. The third-order valence-electron chi connectivity index (χ3n) is 3.57. The number of carbonyl (C=O) groups excluding carboxylic acids is 1. The molecule has 1 aromatic heterocycles. The smallest absolute Gasteiger partial charge is 0.337 e. The van der Waals surface area contributed by atoms with E-state index in [-0.39, 0.29) is 12.2 Å². The van der Waals surface area contributed by atoms with Crippen molar-refractivity contribution in [3.05, 3.63) is 65.2 Å². The van der Waals surface area contributed by atoms with Gasteiger partial charge in [0.05, 0.1) is 28.5 Å². The molecule has 0 saturated heterocycles. The molecule has 0 unspecified atom stereocenters. The number of fused-ring (bicyclic) bond motifs is 1. The summed E-state index contributed by atoms with van der Waals surface area (Å²) in [4.78, 5) is 27.2. The van der Waals surface area contributed by atoms with Crippen LogP contribution in [0.3, 0.4) is 0 Å². The molecule has 0 aliphatic rings. The Morgan fingerprint density at radius 3 is 2.54 bits per heavy atom. The van der Waals surface area contributed by atoms with Gasteiger partial charge in [-0.1, -0.05) is 35.6 Å². The van der Waals surface area contributed by atoms with E-state index >= 15 is 0 Å². The maximum absolute atomic E-state index is 11.5. The highest BCUT2D eigenvalue weighted by molar-refractivity contribution is 7.20. The molecule has 0 radical (unpaired) electrons. The zero-order valence-electron chi connectivity index (χ0n) is 13.8. The van der Waals surface area contributed by atoms with E-state index in [1.807, 2.05) is 24.3 Å². The van der Waals surface area contributed by atoms with Crippen LogP contribution in [0.2, 0.25) is 0 Å². The predicted molar refractivity (Wildman–Crippen MR) is 98.5 cm³/mol. The molecule has 6 nitrogen and oxygen atoms in total. The van der Waals surface area contributed by atoms with Crippen molar-refractivity contribution in [1.29, 1.82) is 0 Å². The van der Waals surface area contributed by atoms with Gasteiger partial charge in [0.25, 0.3) is 5.19 Å². The van der Waals surface area contributed by atoms with Gasteiger partial charge in [0.2, 0.25) is 0 Å². The molecule has 1 N–H and O–H groups in total. The van der Waals surface area contributed by atoms with Crippen molar-refractivity contribution in [3.63, 3.8) is 0 Å². The van der Waals surface area contributed by atoms with E-state index in [1.165, 1.54) is 24.5 Å². The molecule has 7 heteroatoms. The van der Waals surface area contributed by atoms with E-state index in [4.69, 9.17) is 4.74 Å². The minimum Gasteiger partial charge on any atom is -0.478 e. The van der Waals surface area contributed by atoms with Crippen LogP contribution in [0.1, 0.15) is 15.9 Å². The molecular formula is C19H15NO5S. The van der Waals surface area contributed by atoms with Crippen LogP contribution >= 0.6 is 11.3 Å². The Kier molecular flexibility index (Phi) is 5.28. The molecule has 0 spiro atoms. The number of para-hydroxylation sites is 1. The molecule has 0 amide bonds. The molecular weight excluding hydrogens is 354 g/mol. The summed E-state index contributed by atoms with van der Waals surface area (Å²) in [5.41, 5.74) is 1.93. The topological polar surface area (TPSA) is 85.7 Å². The number of carboxylic acid groups (broad SMARTS) is 1. The van der Waals surface area contributed by atoms with Crippen molar-refractivity contribution in [2.75, 3.05) is 13.7 Å². The number of esters is 1. The largest absolute Gasteiger partial charge is 0.478 e. The lowest BCUT2D eigenvalue weighted by Gasteiger charge is -2.04. The van der Waals surface area contributed by atoms with Crippen molar-refractivity contribution in [2.45, 2.75) is 0 Å². The SMILES string of the molecule is COC(=O)c1ccc(/C=C(/COc2nc3ccccc3s2)C(=O)O)cc1. The second-order valence-electron chi connectivity index (χ2n) is 5.32. The van der Waals surface area contributed by atoms with E-state index in [0.717, 1.165) is 10.2 Å². The molecule has 132 valence electrons. The highest BCUT2D eigenvalue weighted by Gasteiger charge is 2.12. The first-order valence-electron chi connectivity index (χ1n) is 7.67. The van der Waals surface area contributed by atoms with Gasteiger partial charge in [-0.15, -0.1) is 0 Å². The Hall–Kier alpha value is -3.19. The molecule has 26 heavy (non-hydrogen) atoms. The van der Waals surface area contributed by atoms with E-state index in [0.29, 0.717) is 16.3 Å². The quantitative estimate of drug-likeness (QED) is 0.527. The van der Waals surface area contributed by atoms with E-state index in [9.17, 15) is 14.7 Å². The van der Waals surface area contributed by atoms with Gasteiger partial charge in [-0.3, -0.25) is 0 Å². The monoisotopic (exact) mass is 369 g/mol. The summed E-state index contributed by atoms with van der Waals surface area (Å²) in [5, 5.41) is 9.81. The molecule has 3 rings (SSSR count). The van der Waals surface area contributed by atoms with Crippen LogP contribution in [0, 0.1) is 0 Å². The number of aromatic nitrogens is 1. The third-order valence-corrected chi connectivity index (χ3v) is 4.52. The maximum Gasteiger partial charge on any atom is 0.337 e. The number of benzene rings is 2. The lowest BCUT2D eigenvalue weighted by atomic mass is 10.1. The van der Waals surface area contributed by atoms with Gasteiger partial charge in [-0.05, 0) is 35.9 Å². The number of hydrogen-bond donors (Lipinski definition) is 1. The van der Waals surface area contributed by atoms with Gasteiger partial charge in [-0.2, -0.15) is 0 Å². The third kappa shape index (κ3) is 4.07. The fourth-order valence-electron chi connectivity index (χ4n) is 2.25. The zero-order chi connectivity index (χ0) is 18.5. The number of aliphatic carboxylic acids is 1. The molecule has 0 atom stereocenters. The molecule has 0 bridgehead atoms. The lowest BCUT2D eigenvalue weighted by molar-refractivity contribution is -0.132. The lowest BCUT2D eigenvalue weighted by Crippen LogP contribution is -2.10. The number of thiazole rings is 1. The van der Waals surface area contributed by atoms with Gasteiger partial charge >= 0.3 is 11.9 Å². The van der Waals surface area contributed by atoms with Gasteiger partial charge in [0, 0.05) is 0 Å². The summed E-state index contributed by atoms with van der Waals surface area (Å²) in [7, 11) is 1.30. The summed E-state index contributed by atoms with van der Waals surface area (Å²) < 4.78 is 11.2.